The van der Waals surface area contributed by atoms with Gasteiger partial charge in [-0.15, -0.1) is 0 Å². The Bertz CT molecular complexity index is 556. The van der Waals surface area contributed by atoms with Gasteiger partial charge in [0.1, 0.15) is 12.4 Å². The topological polar surface area (TPSA) is 77.5 Å². The van der Waals surface area contributed by atoms with E-state index in [0.717, 1.165) is 12.1 Å². The standard InChI is InChI=1S/C12H14N2O4/c1-3-14-6-10(5-13-14)17-7-9-4-11(12(15)16)18-8(9)2/h4-6H,3,7H2,1-2H3,(H,15,16). The zero-order chi connectivity index (χ0) is 13.1. The largest absolute Gasteiger partial charge is 0.485 e. The Morgan fingerprint density at radius 2 is 2.39 bits per heavy atom. The summed E-state index contributed by atoms with van der Waals surface area (Å²) >= 11 is 0. The first-order valence-corrected chi connectivity index (χ1v) is 5.58. The van der Waals surface area contributed by atoms with Gasteiger partial charge in [0.2, 0.25) is 5.76 Å². The van der Waals surface area contributed by atoms with Crippen LogP contribution in [0.5, 0.6) is 5.75 Å². The number of aromatic carboxylic acids is 1. The van der Waals surface area contributed by atoms with Gasteiger partial charge in [0.15, 0.2) is 5.75 Å². The van der Waals surface area contributed by atoms with E-state index < -0.39 is 5.97 Å². The van der Waals surface area contributed by atoms with Gasteiger partial charge in [-0.05, 0) is 19.9 Å². The van der Waals surface area contributed by atoms with Crippen LogP contribution < -0.4 is 4.74 Å². The molecule has 0 amide bonds. The van der Waals surface area contributed by atoms with E-state index in [4.69, 9.17) is 14.3 Å². The van der Waals surface area contributed by atoms with Crippen LogP contribution in [0.15, 0.2) is 22.9 Å². The summed E-state index contributed by atoms with van der Waals surface area (Å²) in [7, 11) is 0. The molecular formula is C12H14N2O4. The molecule has 2 aromatic heterocycles. The molecular weight excluding hydrogens is 236 g/mol. The molecule has 6 nitrogen and oxygen atoms in total. The van der Waals surface area contributed by atoms with Crippen molar-refractivity contribution in [3.63, 3.8) is 0 Å². The Labute approximate surface area is 104 Å². The average Bonchev–Trinajstić information content (AvgIpc) is 2.93. The molecule has 0 fully saturated rings. The van der Waals surface area contributed by atoms with Gasteiger partial charge >= 0.3 is 5.97 Å². The van der Waals surface area contributed by atoms with Crippen molar-refractivity contribution in [1.82, 2.24) is 9.78 Å². The van der Waals surface area contributed by atoms with Gasteiger partial charge < -0.3 is 14.3 Å². The first kappa shape index (κ1) is 12.2. The molecule has 0 aliphatic rings. The van der Waals surface area contributed by atoms with E-state index >= 15 is 0 Å². The zero-order valence-electron chi connectivity index (χ0n) is 10.2. The number of carboxylic acids is 1. The van der Waals surface area contributed by atoms with Crippen molar-refractivity contribution in [1.29, 1.82) is 0 Å². The fourth-order valence-corrected chi connectivity index (χ4v) is 1.52. The normalized spacial score (nSPS) is 10.6. The Kier molecular flexibility index (Phi) is 3.36. The van der Waals surface area contributed by atoms with Crippen molar-refractivity contribution < 1.29 is 19.1 Å². The molecule has 0 radical (unpaired) electrons. The summed E-state index contributed by atoms with van der Waals surface area (Å²) in [6.07, 6.45) is 3.41. The highest BCUT2D eigenvalue weighted by molar-refractivity contribution is 5.84. The number of carbonyl (C=O) groups is 1. The summed E-state index contributed by atoms with van der Waals surface area (Å²) in [5, 5.41) is 12.9. The zero-order valence-corrected chi connectivity index (χ0v) is 10.2. The molecule has 1 N–H and O–H groups in total. The molecule has 0 unspecified atom stereocenters. The molecule has 18 heavy (non-hydrogen) atoms. The van der Waals surface area contributed by atoms with Crippen LogP contribution in [-0.4, -0.2) is 20.9 Å². The fourth-order valence-electron chi connectivity index (χ4n) is 1.52. The first-order valence-electron chi connectivity index (χ1n) is 5.58. The molecule has 6 heteroatoms. The molecule has 96 valence electrons. The fraction of sp³-hybridized carbons (Fsp3) is 0.333. The summed E-state index contributed by atoms with van der Waals surface area (Å²) in [6, 6.07) is 1.47. The number of hydrogen-bond acceptors (Lipinski definition) is 4. The molecule has 0 aliphatic carbocycles. The number of aryl methyl sites for hydroxylation is 2. The van der Waals surface area contributed by atoms with Crippen LogP contribution >= 0.6 is 0 Å². The van der Waals surface area contributed by atoms with Crippen LogP contribution in [0, 0.1) is 6.92 Å². The summed E-state index contributed by atoms with van der Waals surface area (Å²) in [4.78, 5) is 10.7. The highest BCUT2D eigenvalue weighted by atomic mass is 16.5. The third-order valence-electron chi connectivity index (χ3n) is 2.56. The monoisotopic (exact) mass is 250 g/mol. The van der Waals surface area contributed by atoms with Crippen molar-refractivity contribution in [2.75, 3.05) is 0 Å². The van der Waals surface area contributed by atoms with Gasteiger partial charge in [-0.1, -0.05) is 0 Å². The predicted molar refractivity (Wildman–Crippen MR) is 62.6 cm³/mol. The number of rotatable bonds is 5. The highest BCUT2D eigenvalue weighted by Gasteiger charge is 2.13. The lowest BCUT2D eigenvalue weighted by Crippen LogP contribution is -1.96. The van der Waals surface area contributed by atoms with E-state index in [-0.39, 0.29) is 12.4 Å². The average molecular weight is 250 g/mol. The maximum atomic E-state index is 10.7. The van der Waals surface area contributed by atoms with E-state index in [1.807, 2.05) is 6.92 Å². The molecule has 0 saturated heterocycles. The van der Waals surface area contributed by atoms with E-state index in [9.17, 15) is 4.79 Å². The minimum atomic E-state index is -1.08. The maximum absolute atomic E-state index is 10.7. The number of nitrogens with zero attached hydrogens (tertiary/aromatic N) is 2. The van der Waals surface area contributed by atoms with E-state index in [2.05, 4.69) is 5.10 Å². The quantitative estimate of drug-likeness (QED) is 0.879. The summed E-state index contributed by atoms with van der Waals surface area (Å²) in [5.74, 6) is 0.0446. The number of hydrogen-bond donors (Lipinski definition) is 1. The van der Waals surface area contributed by atoms with Gasteiger partial charge in [0, 0.05) is 12.1 Å². The van der Waals surface area contributed by atoms with Gasteiger partial charge in [-0.3, -0.25) is 4.68 Å². The van der Waals surface area contributed by atoms with Crippen molar-refractivity contribution in [2.24, 2.45) is 0 Å². The third kappa shape index (κ3) is 2.53. The lowest BCUT2D eigenvalue weighted by atomic mass is 10.2. The second-order valence-corrected chi connectivity index (χ2v) is 3.82. The van der Waals surface area contributed by atoms with Gasteiger partial charge in [-0.25, -0.2) is 4.79 Å². The van der Waals surface area contributed by atoms with Crippen LogP contribution in [0.25, 0.3) is 0 Å². The van der Waals surface area contributed by atoms with E-state index in [0.29, 0.717) is 11.5 Å². The summed E-state index contributed by atoms with van der Waals surface area (Å²) < 4.78 is 12.4. The molecule has 0 atom stereocenters. The van der Waals surface area contributed by atoms with E-state index in [1.165, 1.54) is 6.07 Å². The molecule has 0 aliphatic heterocycles. The predicted octanol–water partition coefficient (Wildman–Crippen LogP) is 2.08. The van der Waals surface area contributed by atoms with Crippen molar-refractivity contribution >= 4 is 5.97 Å². The van der Waals surface area contributed by atoms with Crippen molar-refractivity contribution in [3.8, 4) is 5.75 Å². The maximum Gasteiger partial charge on any atom is 0.371 e. The second-order valence-electron chi connectivity index (χ2n) is 3.82. The highest BCUT2D eigenvalue weighted by Crippen LogP contribution is 2.17. The summed E-state index contributed by atoms with van der Waals surface area (Å²) in [6.45, 7) is 4.73. The van der Waals surface area contributed by atoms with Gasteiger partial charge in [-0.2, -0.15) is 5.10 Å². The summed E-state index contributed by atoms with van der Waals surface area (Å²) in [5.41, 5.74) is 0.719. The Balaban J connectivity index is 2.03. The number of ether oxygens (including phenoxy) is 1. The van der Waals surface area contributed by atoms with Crippen LogP contribution in [0.4, 0.5) is 0 Å². The van der Waals surface area contributed by atoms with Crippen LogP contribution in [0.2, 0.25) is 0 Å². The van der Waals surface area contributed by atoms with Crippen LogP contribution in [-0.2, 0) is 13.2 Å². The molecule has 0 spiro atoms. The van der Waals surface area contributed by atoms with Gasteiger partial charge in [0.25, 0.3) is 0 Å². The Morgan fingerprint density at radius 1 is 1.61 bits per heavy atom. The molecule has 0 saturated carbocycles. The van der Waals surface area contributed by atoms with Crippen LogP contribution in [0.3, 0.4) is 0 Å². The number of furan rings is 1. The third-order valence-corrected chi connectivity index (χ3v) is 2.56. The van der Waals surface area contributed by atoms with E-state index in [1.54, 1.807) is 24.0 Å². The molecule has 2 rings (SSSR count). The minimum absolute atomic E-state index is 0.0737. The first-order chi connectivity index (χ1) is 8.60. The molecule has 2 aromatic rings. The lowest BCUT2D eigenvalue weighted by Gasteiger charge is -2.01. The smallest absolute Gasteiger partial charge is 0.371 e. The van der Waals surface area contributed by atoms with Crippen molar-refractivity contribution in [3.05, 3.63) is 35.5 Å². The van der Waals surface area contributed by atoms with Gasteiger partial charge in [0.05, 0.1) is 12.4 Å². The Morgan fingerprint density at radius 3 is 2.94 bits per heavy atom. The lowest BCUT2D eigenvalue weighted by molar-refractivity contribution is 0.0661. The number of carboxylic acid groups (broad SMARTS) is 1. The van der Waals surface area contributed by atoms with Crippen molar-refractivity contribution in [2.45, 2.75) is 27.0 Å². The number of aromatic nitrogens is 2. The SMILES string of the molecule is CCn1cc(OCc2cc(C(=O)O)oc2C)cn1. The Hall–Kier alpha value is -2.24. The van der Waals surface area contributed by atoms with Crippen LogP contribution in [0.1, 0.15) is 28.8 Å². The second kappa shape index (κ2) is 4.95. The molecule has 2 heterocycles. The minimum Gasteiger partial charge on any atom is -0.485 e. The molecule has 0 aromatic carbocycles. The molecule has 0 bridgehead atoms.